The van der Waals surface area contributed by atoms with Gasteiger partial charge >= 0.3 is 0 Å². The second-order valence-electron chi connectivity index (χ2n) is 7.24. The summed E-state index contributed by atoms with van der Waals surface area (Å²) in [6.07, 6.45) is 1.51. The van der Waals surface area contributed by atoms with Crippen LogP contribution in [0, 0.1) is 0 Å². The maximum absolute atomic E-state index is 13.1. The van der Waals surface area contributed by atoms with E-state index >= 15 is 0 Å². The molecule has 2 aromatic carbocycles. The molecule has 0 aliphatic carbocycles. The third-order valence-corrected chi connectivity index (χ3v) is 5.27. The number of hydrogen-bond acceptors (Lipinski definition) is 6. The van der Waals surface area contributed by atoms with Gasteiger partial charge in [0, 0.05) is 5.56 Å². The molecular formula is C25H23NO6. The minimum Gasteiger partial charge on any atom is -0.507 e. The first-order chi connectivity index (χ1) is 15.5. The summed E-state index contributed by atoms with van der Waals surface area (Å²) in [5.74, 6) is -0.0815. The van der Waals surface area contributed by atoms with Gasteiger partial charge in [-0.05, 0) is 48.9 Å². The van der Waals surface area contributed by atoms with Gasteiger partial charge in [-0.1, -0.05) is 24.3 Å². The zero-order valence-electron chi connectivity index (χ0n) is 17.8. The Bertz CT molecular complexity index is 1160. The van der Waals surface area contributed by atoms with E-state index in [0.29, 0.717) is 35.0 Å². The van der Waals surface area contributed by atoms with E-state index < -0.39 is 17.7 Å². The van der Waals surface area contributed by atoms with Crippen LogP contribution < -0.4 is 9.47 Å². The van der Waals surface area contributed by atoms with Gasteiger partial charge in [0.2, 0.25) is 0 Å². The van der Waals surface area contributed by atoms with Gasteiger partial charge in [0.25, 0.3) is 11.7 Å². The molecule has 32 heavy (non-hydrogen) atoms. The maximum Gasteiger partial charge on any atom is 0.296 e. The summed E-state index contributed by atoms with van der Waals surface area (Å²) in [5, 5.41) is 11.2. The largest absolute Gasteiger partial charge is 0.507 e. The molecule has 2 heterocycles. The molecule has 0 bridgehead atoms. The number of aliphatic hydroxyl groups is 1. The Morgan fingerprint density at radius 1 is 1.06 bits per heavy atom. The lowest BCUT2D eigenvalue weighted by molar-refractivity contribution is -0.140. The number of furan rings is 1. The number of amides is 1. The number of nitrogens with zero attached hydrogens (tertiary/aromatic N) is 1. The van der Waals surface area contributed by atoms with Crippen molar-refractivity contribution in [3.8, 4) is 11.5 Å². The smallest absolute Gasteiger partial charge is 0.296 e. The van der Waals surface area contributed by atoms with Crippen LogP contribution in [0.5, 0.6) is 11.5 Å². The third kappa shape index (κ3) is 3.97. The molecule has 1 aromatic heterocycles. The van der Waals surface area contributed by atoms with Gasteiger partial charge in [-0.25, -0.2) is 0 Å². The zero-order valence-corrected chi connectivity index (χ0v) is 17.8. The number of aliphatic hydroxyl groups excluding tert-OH is 1. The number of carbonyl (C=O) groups is 2. The summed E-state index contributed by atoms with van der Waals surface area (Å²) in [5.41, 5.74) is 1.03. The molecule has 1 N–H and O–H groups in total. The lowest BCUT2D eigenvalue weighted by atomic mass is 9.95. The molecule has 1 fully saturated rings. The summed E-state index contributed by atoms with van der Waals surface area (Å²) < 4.78 is 16.3. The van der Waals surface area contributed by atoms with Gasteiger partial charge in [0.05, 0.1) is 38.1 Å². The molecule has 0 spiro atoms. The monoisotopic (exact) mass is 433 g/mol. The van der Waals surface area contributed by atoms with E-state index in [1.54, 1.807) is 60.7 Å². The van der Waals surface area contributed by atoms with E-state index in [-0.39, 0.29) is 17.9 Å². The summed E-state index contributed by atoms with van der Waals surface area (Å²) >= 11 is 0. The van der Waals surface area contributed by atoms with Gasteiger partial charge in [0.1, 0.15) is 23.0 Å². The minimum absolute atomic E-state index is 0.00320. The molecule has 1 aliphatic rings. The van der Waals surface area contributed by atoms with Crippen molar-refractivity contribution >= 4 is 17.4 Å². The fourth-order valence-electron chi connectivity index (χ4n) is 3.83. The van der Waals surface area contributed by atoms with Crippen LogP contribution in [-0.2, 0) is 16.1 Å². The van der Waals surface area contributed by atoms with Crippen molar-refractivity contribution < 1.29 is 28.6 Å². The molecule has 1 atom stereocenters. The quantitative estimate of drug-likeness (QED) is 0.339. The first-order valence-electron chi connectivity index (χ1n) is 10.2. The minimum atomic E-state index is -0.814. The highest BCUT2D eigenvalue weighted by Crippen LogP contribution is 2.41. The number of likely N-dealkylation sites (tertiary alicyclic amines) is 1. The van der Waals surface area contributed by atoms with E-state index in [2.05, 4.69) is 0 Å². The molecule has 7 nitrogen and oxygen atoms in total. The van der Waals surface area contributed by atoms with Crippen molar-refractivity contribution in [2.75, 3.05) is 13.7 Å². The standard InChI is InChI=1S/C25H23NO6/c1-3-31-19-10-5-8-17(14-19)23(27)21-22(16-7-4-9-18(13-16)30-2)26(25(29)24(21)28)15-20-11-6-12-32-20/h4-14,22,27H,3,15H2,1-2H3/b23-21+. The number of ketones is 1. The van der Waals surface area contributed by atoms with Gasteiger partial charge < -0.3 is 23.9 Å². The highest BCUT2D eigenvalue weighted by molar-refractivity contribution is 6.46. The molecule has 1 amide bonds. The maximum atomic E-state index is 13.1. The van der Waals surface area contributed by atoms with E-state index in [1.165, 1.54) is 18.3 Å². The van der Waals surface area contributed by atoms with Crippen LogP contribution in [0.1, 0.15) is 29.9 Å². The van der Waals surface area contributed by atoms with Crippen LogP contribution in [0.3, 0.4) is 0 Å². The number of ether oxygens (including phenoxy) is 2. The second-order valence-corrected chi connectivity index (χ2v) is 7.24. The average Bonchev–Trinajstić information content (AvgIpc) is 3.41. The van der Waals surface area contributed by atoms with Gasteiger partial charge in [-0.3, -0.25) is 9.59 Å². The van der Waals surface area contributed by atoms with Gasteiger partial charge in [-0.15, -0.1) is 0 Å². The summed E-state index contributed by atoms with van der Waals surface area (Å²) in [7, 11) is 1.54. The third-order valence-electron chi connectivity index (χ3n) is 5.27. The summed E-state index contributed by atoms with van der Waals surface area (Å²) in [4.78, 5) is 27.5. The van der Waals surface area contributed by atoms with E-state index in [9.17, 15) is 14.7 Å². The molecule has 1 aliphatic heterocycles. The Morgan fingerprint density at radius 3 is 2.56 bits per heavy atom. The molecular weight excluding hydrogens is 410 g/mol. The molecule has 1 unspecified atom stereocenters. The van der Waals surface area contributed by atoms with Gasteiger partial charge in [-0.2, -0.15) is 0 Å². The van der Waals surface area contributed by atoms with Crippen molar-refractivity contribution in [2.45, 2.75) is 19.5 Å². The predicted molar refractivity (Wildman–Crippen MR) is 117 cm³/mol. The van der Waals surface area contributed by atoms with Crippen molar-refractivity contribution in [2.24, 2.45) is 0 Å². The molecule has 164 valence electrons. The number of methoxy groups -OCH3 is 1. The van der Waals surface area contributed by atoms with Crippen LogP contribution in [0.25, 0.3) is 5.76 Å². The Kier molecular flexibility index (Phi) is 5.98. The topological polar surface area (TPSA) is 89.2 Å². The number of benzene rings is 2. The molecule has 0 saturated carbocycles. The SMILES string of the molecule is CCOc1cccc(/C(O)=C2\C(=O)C(=O)N(Cc3ccco3)C2c2cccc(OC)c2)c1. The van der Waals surface area contributed by atoms with Crippen LogP contribution in [0.2, 0.25) is 0 Å². The molecule has 1 saturated heterocycles. The van der Waals surface area contributed by atoms with Crippen molar-refractivity contribution in [1.82, 2.24) is 4.90 Å². The van der Waals surface area contributed by atoms with Crippen LogP contribution in [0.15, 0.2) is 76.9 Å². The van der Waals surface area contributed by atoms with Crippen molar-refractivity contribution in [3.05, 3.63) is 89.4 Å². The molecule has 7 heteroatoms. The fourth-order valence-corrected chi connectivity index (χ4v) is 3.83. The summed E-state index contributed by atoms with van der Waals surface area (Å²) in [6, 6.07) is 16.5. The first-order valence-corrected chi connectivity index (χ1v) is 10.2. The first kappa shape index (κ1) is 21.2. The highest BCUT2D eigenvalue weighted by atomic mass is 16.5. The normalized spacial score (nSPS) is 17.6. The average molecular weight is 433 g/mol. The van der Waals surface area contributed by atoms with E-state index in [0.717, 1.165) is 0 Å². The predicted octanol–water partition coefficient (Wildman–Crippen LogP) is 4.31. The summed E-state index contributed by atoms with van der Waals surface area (Å²) in [6.45, 7) is 2.40. The number of rotatable bonds is 7. The fraction of sp³-hybridized carbons (Fsp3) is 0.200. The zero-order chi connectivity index (χ0) is 22.7. The Morgan fingerprint density at radius 2 is 1.84 bits per heavy atom. The van der Waals surface area contributed by atoms with Crippen LogP contribution >= 0.6 is 0 Å². The lowest BCUT2D eigenvalue weighted by Crippen LogP contribution is -2.29. The number of carbonyl (C=O) groups excluding carboxylic acids is 2. The number of hydrogen-bond donors (Lipinski definition) is 1. The Balaban J connectivity index is 1.86. The molecule has 4 rings (SSSR count). The lowest BCUT2D eigenvalue weighted by Gasteiger charge is -2.24. The van der Waals surface area contributed by atoms with Crippen LogP contribution in [-0.4, -0.2) is 35.4 Å². The Hall–Kier alpha value is -4.00. The van der Waals surface area contributed by atoms with E-state index in [1.807, 2.05) is 6.92 Å². The molecule has 0 radical (unpaired) electrons. The number of Topliss-reactive ketones (excluding diaryl/α,β-unsaturated/α-hetero) is 1. The van der Waals surface area contributed by atoms with Crippen LogP contribution in [0.4, 0.5) is 0 Å². The second kappa shape index (κ2) is 9.01. The highest BCUT2D eigenvalue weighted by Gasteiger charge is 2.46. The molecule has 3 aromatic rings. The van der Waals surface area contributed by atoms with Gasteiger partial charge in [0.15, 0.2) is 0 Å². The Labute approximate surface area is 185 Å². The van der Waals surface area contributed by atoms with Crippen molar-refractivity contribution in [1.29, 1.82) is 0 Å². The van der Waals surface area contributed by atoms with Crippen molar-refractivity contribution in [3.63, 3.8) is 0 Å². The van der Waals surface area contributed by atoms with E-state index in [4.69, 9.17) is 13.9 Å².